The first kappa shape index (κ1) is 32.7. The molecule has 12 nitrogen and oxygen atoms in total. The van der Waals surface area contributed by atoms with E-state index in [4.69, 9.17) is 14.2 Å². The van der Waals surface area contributed by atoms with Gasteiger partial charge in [0.1, 0.15) is 11.9 Å². The molecule has 2 aliphatic heterocycles. The molecule has 0 spiro atoms. The highest BCUT2D eigenvalue weighted by atomic mass is 16.7. The minimum Gasteiger partial charge on any atom is -0.488 e. The molecular weight excluding hydrogens is 614 g/mol. The molecule has 252 valence electrons. The molecule has 1 aromatic heterocycles. The van der Waals surface area contributed by atoms with Crippen molar-refractivity contribution >= 4 is 40.1 Å². The van der Waals surface area contributed by atoms with Gasteiger partial charge in [0.05, 0.1) is 32.0 Å². The predicted octanol–water partition coefficient (Wildman–Crippen LogP) is 4.40. The molecule has 0 saturated heterocycles. The van der Waals surface area contributed by atoms with Crippen LogP contribution in [0.5, 0.6) is 17.2 Å². The van der Waals surface area contributed by atoms with E-state index in [1.54, 1.807) is 55.3 Å². The molecule has 0 bridgehead atoms. The van der Waals surface area contributed by atoms with E-state index in [9.17, 15) is 19.5 Å². The second kappa shape index (κ2) is 13.9. The zero-order valence-electron chi connectivity index (χ0n) is 27.6. The van der Waals surface area contributed by atoms with Crippen molar-refractivity contribution in [2.24, 2.45) is 13.0 Å². The molecule has 12 heteroatoms. The highest BCUT2D eigenvalue weighted by molar-refractivity contribution is 5.96. The van der Waals surface area contributed by atoms with E-state index in [0.29, 0.717) is 40.7 Å². The van der Waals surface area contributed by atoms with Crippen LogP contribution in [-0.4, -0.2) is 83.0 Å². The van der Waals surface area contributed by atoms with Crippen LogP contribution in [0.25, 0.3) is 10.9 Å². The van der Waals surface area contributed by atoms with E-state index < -0.39 is 12.1 Å². The largest absolute Gasteiger partial charge is 0.488 e. The second-order valence-corrected chi connectivity index (χ2v) is 12.6. The fourth-order valence-corrected chi connectivity index (χ4v) is 6.22. The Kier molecular flexibility index (Phi) is 9.44. The van der Waals surface area contributed by atoms with Gasteiger partial charge in [-0.25, -0.2) is 4.79 Å². The minimum absolute atomic E-state index is 0.0204. The van der Waals surface area contributed by atoms with E-state index in [1.165, 1.54) is 4.90 Å². The molecule has 3 aromatic carbocycles. The first-order valence-electron chi connectivity index (χ1n) is 16.0. The third-order valence-corrected chi connectivity index (χ3v) is 8.96. The number of nitrogens with zero attached hydrogens (tertiary/aromatic N) is 3. The smallest absolute Gasteiger partial charge is 0.321 e. The first-order valence-corrected chi connectivity index (χ1v) is 16.0. The maximum absolute atomic E-state index is 13.6. The number of fused-ring (bicyclic) bond motifs is 3. The zero-order valence-corrected chi connectivity index (χ0v) is 27.6. The topological polar surface area (TPSA) is 135 Å². The molecule has 3 atom stereocenters. The van der Waals surface area contributed by atoms with Crippen LogP contribution in [0.1, 0.15) is 25.0 Å². The number of benzene rings is 3. The average Bonchev–Trinajstić information content (AvgIpc) is 3.67. The Morgan fingerprint density at radius 3 is 2.54 bits per heavy atom. The molecule has 0 saturated carbocycles. The van der Waals surface area contributed by atoms with Crippen molar-refractivity contribution in [3.63, 3.8) is 0 Å². The van der Waals surface area contributed by atoms with Gasteiger partial charge in [0, 0.05) is 66.7 Å². The Hall–Kier alpha value is -5.23. The molecular formula is C36H41N5O7. The summed E-state index contributed by atoms with van der Waals surface area (Å²) in [5, 5.41) is 16.9. The van der Waals surface area contributed by atoms with Crippen LogP contribution in [0, 0.1) is 5.92 Å². The van der Waals surface area contributed by atoms with Crippen LogP contribution in [0.15, 0.2) is 66.9 Å². The molecule has 4 amide bonds. The van der Waals surface area contributed by atoms with Crippen molar-refractivity contribution in [1.29, 1.82) is 0 Å². The normalized spacial score (nSPS) is 17.9. The molecule has 6 rings (SSSR count). The number of aliphatic hydroxyl groups is 1. The standard InChI is InChI=1S/C36H41N5O7/c1-22-17-41(23(2)20-42)35(44)15-24-13-26(37-34(43)14-25-18-39(3)29-8-6-5-7-28(25)29)9-11-30(24)48-33(22)19-40(4)36(45)38-27-10-12-31-32(16-27)47-21-46-31/h5-13,16,18,22-23,33,42H,14-15,17,19-21H2,1-4H3,(H,37,43)(H,38,45)/t22-,23+,33-/m1/s1. The van der Waals surface area contributed by atoms with Gasteiger partial charge in [-0.05, 0) is 48.9 Å². The van der Waals surface area contributed by atoms with Gasteiger partial charge in [0.25, 0.3) is 0 Å². The number of carbonyl (C=O) groups excluding carboxylic acids is 3. The number of urea groups is 1. The van der Waals surface area contributed by atoms with Gasteiger partial charge in [-0.3, -0.25) is 9.59 Å². The monoisotopic (exact) mass is 655 g/mol. The number of likely N-dealkylation sites (N-methyl/N-ethyl adjacent to an activating group) is 1. The number of hydrogen-bond donors (Lipinski definition) is 3. The number of aryl methyl sites for hydroxylation is 1. The second-order valence-electron chi connectivity index (χ2n) is 12.6. The summed E-state index contributed by atoms with van der Waals surface area (Å²) in [5.41, 5.74) is 3.68. The van der Waals surface area contributed by atoms with Crippen LogP contribution in [0.2, 0.25) is 0 Å². The number of anilines is 2. The Bertz CT molecular complexity index is 1840. The molecule has 3 N–H and O–H groups in total. The van der Waals surface area contributed by atoms with Gasteiger partial charge in [0.2, 0.25) is 18.6 Å². The lowest BCUT2D eigenvalue weighted by atomic mass is 10.0. The van der Waals surface area contributed by atoms with Gasteiger partial charge in [-0.1, -0.05) is 25.1 Å². The maximum atomic E-state index is 13.6. The van der Waals surface area contributed by atoms with Crippen LogP contribution in [0.3, 0.4) is 0 Å². The van der Waals surface area contributed by atoms with Crippen molar-refractivity contribution in [1.82, 2.24) is 14.4 Å². The number of ether oxygens (including phenoxy) is 3. The van der Waals surface area contributed by atoms with E-state index in [-0.39, 0.29) is 56.5 Å². The maximum Gasteiger partial charge on any atom is 0.321 e. The number of amides is 4. The molecule has 2 aliphatic rings. The lowest BCUT2D eigenvalue weighted by Gasteiger charge is -2.34. The summed E-state index contributed by atoms with van der Waals surface area (Å²) < 4.78 is 19.4. The van der Waals surface area contributed by atoms with Gasteiger partial charge in [0.15, 0.2) is 11.5 Å². The number of hydrogen-bond acceptors (Lipinski definition) is 7. The number of carbonyl (C=O) groups is 3. The summed E-state index contributed by atoms with van der Waals surface area (Å²) in [5.74, 6) is 1.13. The lowest BCUT2D eigenvalue weighted by Crippen LogP contribution is -2.48. The zero-order chi connectivity index (χ0) is 33.9. The van der Waals surface area contributed by atoms with Crippen molar-refractivity contribution in [2.75, 3.05) is 44.2 Å². The average molecular weight is 656 g/mol. The number of nitrogens with one attached hydrogen (secondary N) is 2. The van der Waals surface area contributed by atoms with Crippen molar-refractivity contribution in [3.8, 4) is 17.2 Å². The summed E-state index contributed by atoms with van der Waals surface area (Å²) in [6.07, 6.45) is 1.68. The number of rotatable bonds is 8. The molecule has 3 heterocycles. The predicted molar refractivity (Wildman–Crippen MR) is 181 cm³/mol. The minimum atomic E-state index is -0.498. The van der Waals surface area contributed by atoms with Gasteiger partial charge >= 0.3 is 6.03 Å². The highest BCUT2D eigenvalue weighted by Gasteiger charge is 2.32. The lowest BCUT2D eigenvalue weighted by molar-refractivity contribution is -0.134. The molecule has 48 heavy (non-hydrogen) atoms. The van der Waals surface area contributed by atoms with E-state index >= 15 is 0 Å². The summed E-state index contributed by atoms with van der Waals surface area (Å²) in [7, 11) is 3.64. The van der Waals surface area contributed by atoms with Gasteiger partial charge < -0.3 is 44.3 Å². The molecule has 0 aliphatic carbocycles. The first-order chi connectivity index (χ1) is 23.1. The highest BCUT2D eigenvalue weighted by Crippen LogP contribution is 2.34. The molecule has 4 aromatic rings. The van der Waals surface area contributed by atoms with Crippen LogP contribution < -0.4 is 24.8 Å². The summed E-state index contributed by atoms with van der Waals surface area (Å²) in [6.45, 7) is 4.25. The fourth-order valence-electron chi connectivity index (χ4n) is 6.22. The Labute approximate surface area is 279 Å². The van der Waals surface area contributed by atoms with E-state index in [0.717, 1.165) is 16.5 Å². The molecule has 0 fully saturated rings. The van der Waals surface area contributed by atoms with Crippen molar-refractivity contribution < 1.29 is 33.7 Å². The third kappa shape index (κ3) is 7.03. The summed E-state index contributed by atoms with van der Waals surface area (Å²) in [6, 6.07) is 17.7. The van der Waals surface area contributed by atoms with Crippen LogP contribution >= 0.6 is 0 Å². The van der Waals surface area contributed by atoms with Crippen LogP contribution in [0.4, 0.5) is 16.2 Å². The van der Waals surface area contributed by atoms with Crippen molar-refractivity contribution in [2.45, 2.75) is 38.8 Å². The Morgan fingerprint density at radius 2 is 1.75 bits per heavy atom. The fraction of sp³-hybridized carbons (Fsp3) is 0.361. The van der Waals surface area contributed by atoms with Crippen molar-refractivity contribution in [3.05, 3.63) is 78.0 Å². The van der Waals surface area contributed by atoms with E-state index in [2.05, 4.69) is 10.6 Å². The van der Waals surface area contributed by atoms with E-state index in [1.807, 2.05) is 49.0 Å². The number of aliphatic hydroxyl groups excluding tert-OH is 1. The molecule has 0 unspecified atom stereocenters. The van der Waals surface area contributed by atoms with Gasteiger partial charge in [-0.2, -0.15) is 0 Å². The van der Waals surface area contributed by atoms with Crippen LogP contribution in [-0.2, 0) is 29.5 Å². The Balaban J connectivity index is 1.20. The van der Waals surface area contributed by atoms with Gasteiger partial charge in [-0.15, -0.1) is 0 Å². The molecule has 0 radical (unpaired) electrons. The number of aromatic nitrogens is 1. The number of para-hydroxylation sites is 1. The quantitative estimate of drug-likeness (QED) is 0.256. The summed E-state index contributed by atoms with van der Waals surface area (Å²) in [4.78, 5) is 43.2. The summed E-state index contributed by atoms with van der Waals surface area (Å²) >= 11 is 0. The Morgan fingerprint density at radius 1 is 1.02 bits per heavy atom. The SMILES string of the molecule is C[C@@H]1CN([C@@H](C)CO)C(=O)Cc2cc(NC(=O)Cc3cn(C)c4ccccc34)ccc2O[C@@H]1CN(C)C(=O)Nc1ccc2c(c1)OCO2. The third-order valence-electron chi connectivity index (χ3n) is 8.96.